The van der Waals surface area contributed by atoms with Crippen LogP contribution in [0, 0.1) is 0 Å². The molecule has 0 aliphatic rings. The van der Waals surface area contributed by atoms with E-state index < -0.39 is 6.10 Å². The average Bonchev–Trinajstić information content (AvgIpc) is 2.57. The largest absolute Gasteiger partial charge is 0.384 e. The van der Waals surface area contributed by atoms with Gasteiger partial charge in [0.2, 0.25) is 0 Å². The molecular weight excluding hydrogens is 286 g/mol. The third-order valence-corrected chi connectivity index (χ3v) is 3.66. The topological polar surface area (TPSA) is 63.3 Å². The predicted octanol–water partition coefficient (Wildman–Crippen LogP) is 4.46. The molecule has 0 spiro atoms. The molecule has 0 aliphatic carbocycles. The van der Waals surface area contributed by atoms with Gasteiger partial charge in [-0.25, -0.2) is 0 Å². The van der Waals surface area contributed by atoms with E-state index in [1.807, 2.05) is 0 Å². The molecule has 3 nitrogen and oxygen atoms in total. The number of unbranched alkanes of at least 4 members (excludes halogenated alkanes) is 5. The molecular formula is C20H35NO2. The Balaban J connectivity index is 3.43. The molecule has 0 aromatic heterocycles. The standard InChI is InChI=1S/C20H35NO2/c1-2-3-4-5-6-7-8-9-10-11-12-13-14-15-16-17-19(22)20(23)18-21/h6-7,9-10,12-13,20,23H,2-5,8,11,14-18,21H2,1H3/b7-6-,10-9-,13-12-. The maximum Gasteiger partial charge on any atom is 0.162 e. The van der Waals surface area contributed by atoms with E-state index >= 15 is 0 Å². The number of allylic oxidation sites excluding steroid dienone is 6. The maximum atomic E-state index is 11.3. The SMILES string of the molecule is CCCCC/C=C\C/C=C\C/C=C\CCCCC(=O)C(O)CN. The van der Waals surface area contributed by atoms with Gasteiger partial charge in [0.1, 0.15) is 6.10 Å². The number of aliphatic hydroxyl groups excluding tert-OH is 1. The number of rotatable bonds is 15. The van der Waals surface area contributed by atoms with Crippen molar-refractivity contribution in [2.75, 3.05) is 6.54 Å². The number of Topliss-reactive ketones (excluding diaryl/α,β-unsaturated/α-hetero) is 1. The number of carbonyl (C=O) groups is 1. The zero-order chi connectivity index (χ0) is 17.2. The van der Waals surface area contributed by atoms with Crippen LogP contribution in [0.5, 0.6) is 0 Å². The first-order valence-corrected chi connectivity index (χ1v) is 9.08. The number of hydrogen-bond acceptors (Lipinski definition) is 3. The molecule has 0 heterocycles. The van der Waals surface area contributed by atoms with E-state index in [4.69, 9.17) is 5.73 Å². The lowest BCUT2D eigenvalue weighted by Gasteiger charge is -2.05. The normalized spacial score (nSPS) is 13.5. The van der Waals surface area contributed by atoms with E-state index in [-0.39, 0.29) is 12.3 Å². The van der Waals surface area contributed by atoms with Gasteiger partial charge in [0.15, 0.2) is 5.78 Å². The van der Waals surface area contributed by atoms with Crippen molar-refractivity contribution in [2.45, 2.75) is 77.2 Å². The minimum absolute atomic E-state index is 0.0268. The third-order valence-electron chi connectivity index (χ3n) is 3.66. The van der Waals surface area contributed by atoms with Crippen molar-refractivity contribution < 1.29 is 9.90 Å². The summed E-state index contributed by atoms with van der Waals surface area (Å²) in [6, 6.07) is 0. The molecule has 0 fully saturated rings. The lowest BCUT2D eigenvalue weighted by molar-refractivity contribution is -0.126. The Morgan fingerprint density at radius 2 is 1.43 bits per heavy atom. The second kappa shape index (κ2) is 17.2. The van der Waals surface area contributed by atoms with Gasteiger partial charge in [0.05, 0.1) is 0 Å². The number of nitrogens with two attached hydrogens (primary N) is 1. The number of ketones is 1. The molecule has 0 aromatic carbocycles. The summed E-state index contributed by atoms with van der Waals surface area (Å²) in [5.41, 5.74) is 5.24. The quantitative estimate of drug-likeness (QED) is 0.345. The molecule has 1 atom stereocenters. The van der Waals surface area contributed by atoms with Crippen molar-refractivity contribution in [3.8, 4) is 0 Å². The zero-order valence-electron chi connectivity index (χ0n) is 14.8. The summed E-state index contributed by atoms with van der Waals surface area (Å²) in [6.45, 7) is 2.25. The molecule has 0 aliphatic heterocycles. The second-order valence-electron chi connectivity index (χ2n) is 5.84. The van der Waals surface area contributed by atoms with Gasteiger partial charge < -0.3 is 10.8 Å². The Kier molecular flexibility index (Phi) is 16.3. The molecule has 0 amide bonds. The van der Waals surface area contributed by atoms with Crippen LogP contribution in [0.1, 0.15) is 71.1 Å². The van der Waals surface area contributed by atoms with Crippen LogP contribution in [0.25, 0.3) is 0 Å². The molecule has 0 radical (unpaired) electrons. The summed E-state index contributed by atoms with van der Waals surface area (Å²) in [5, 5.41) is 9.24. The first-order valence-electron chi connectivity index (χ1n) is 9.08. The highest BCUT2D eigenvalue weighted by Crippen LogP contribution is 2.04. The van der Waals surface area contributed by atoms with E-state index in [0.29, 0.717) is 6.42 Å². The van der Waals surface area contributed by atoms with Crippen LogP contribution in [-0.2, 0) is 4.79 Å². The third kappa shape index (κ3) is 15.5. The van der Waals surface area contributed by atoms with E-state index in [1.54, 1.807) is 0 Å². The van der Waals surface area contributed by atoms with E-state index in [1.165, 1.54) is 25.7 Å². The summed E-state index contributed by atoms with van der Waals surface area (Å²) in [6.07, 6.45) is 22.6. The van der Waals surface area contributed by atoms with Crippen molar-refractivity contribution in [1.82, 2.24) is 0 Å². The summed E-state index contributed by atoms with van der Waals surface area (Å²) >= 11 is 0. The van der Waals surface area contributed by atoms with E-state index in [9.17, 15) is 9.90 Å². The highest BCUT2D eigenvalue weighted by molar-refractivity contribution is 5.82. The monoisotopic (exact) mass is 321 g/mol. The molecule has 3 heteroatoms. The van der Waals surface area contributed by atoms with Gasteiger partial charge in [-0.05, 0) is 44.9 Å². The Morgan fingerprint density at radius 3 is 1.96 bits per heavy atom. The van der Waals surface area contributed by atoms with Crippen molar-refractivity contribution in [3.63, 3.8) is 0 Å². The molecule has 0 rings (SSSR count). The molecule has 0 saturated carbocycles. The van der Waals surface area contributed by atoms with Gasteiger partial charge in [-0.3, -0.25) is 4.79 Å². The fourth-order valence-corrected chi connectivity index (χ4v) is 2.15. The van der Waals surface area contributed by atoms with Crippen LogP contribution in [0.15, 0.2) is 36.5 Å². The Morgan fingerprint density at radius 1 is 0.913 bits per heavy atom. The van der Waals surface area contributed by atoms with E-state index in [2.05, 4.69) is 43.4 Å². The van der Waals surface area contributed by atoms with Crippen LogP contribution < -0.4 is 5.73 Å². The van der Waals surface area contributed by atoms with Gasteiger partial charge in [0.25, 0.3) is 0 Å². The smallest absolute Gasteiger partial charge is 0.162 e. The number of carbonyl (C=O) groups excluding carboxylic acids is 1. The van der Waals surface area contributed by atoms with Gasteiger partial charge in [0, 0.05) is 13.0 Å². The fourth-order valence-electron chi connectivity index (χ4n) is 2.15. The van der Waals surface area contributed by atoms with Crippen LogP contribution >= 0.6 is 0 Å². The van der Waals surface area contributed by atoms with E-state index in [0.717, 1.165) is 32.1 Å². The first kappa shape index (κ1) is 21.8. The summed E-state index contributed by atoms with van der Waals surface area (Å²) < 4.78 is 0. The van der Waals surface area contributed by atoms with Crippen molar-refractivity contribution in [2.24, 2.45) is 5.73 Å². The summed E-state index contributed by atoms with van der Waals surface area (Å²) in [7, 11) is 0. The minimum atomic E-state index is -0.976. The molecule has 0 bridgehead atoms. The van der Waals surface area contributed by atoms with Crippen molar-refractivity contribution in [1.29, 1.82) is 0 Å². The summed E-state index contributed by atoms with van der Waals surface area (Å²) in [4.78, 5) is 11.3. The summed E-state index contributed by atoms with van der Waals surface area (Å²) in [5.74, 6) is -0.137. The lowest BCUT2D eigenvalue weighted by Crippen LogP contribution is -2.28. The average molecular weight is 322 g/mol. The second-order valence-corrected chi connectivity index (χ2v) is 5.84. The fraction of sp³-hybridized carbons (Fsp3) is 0.650. The number of aliphatic hydroxyl groups is 1. The highest BCUT2D eigenvalue weighted by Gasteiger charge is 2.11. The Labute approximate surface area is 142 Å². The van der Waals surface area contributed by atoms with Crippen LogP contribution in [0.3, 0.4) is 0 Å². The van der Waals surface area contributed by atoms with Gasteiger partial charge in [-0.2, -0.15) is 0 Å². The molecule has 0 aromatic rings. The molecule has 3 N–H and O–H groups in total. The predicted molar refractivity (Wildman–Crippen MR) is 99.3 cm³/mol. The van der Waals surface area contributed by atoms with Gasteiger partial charge in [-0.1, -0.05) is 56.2 Å². The maximum absolute atomic E-state index is 11.3. The Hall–Kier alpha value is -1.19. The van der Waals surface area contributed by atoms with Crippen molar-refractivity contribution in [3.05, 3.63) is 36.5 Å². The minimum Gasteiger partial charge on any atom is -0.384 e. The van der Waals surface area contributed by atoms with Crippen LogP contribution in [-0.4, -0.2) is 23.5 Å². The number of hydrogen-bond donors (Lipinski definition) is 2. The van der Waals surface area contributed by atoms with Crippen LogP contribution in [0.4, 0.5) is 0 Å². The van der Waals surface area contributed by atoms with Crippen molar-refractivity contribution >= 4 is 5.78 Å². The van der Waals surface area contributed by atoms with Gasteiger partial charge >= 0.3 is 0 Å². The zero-order valence-corrected chi connectivity index (χ0v) is 14.8. The molecule has 23 heavy (non-hydrogen) atoms. The first-order chi connectivity index (χ1) is 11.2. The molecule has 132 valence electrons. The Bertz CT molecular complexity index is 359. The molecule has 0 saturated heterocycles. The van der Waals surface area contributed by atoms with Gasteiger partial charge in [-0.15, -0.1) is 0 Å². The lowest BCUT2D eigenvalue weighted by atomic mass is 10.1. The molecule has 1 unspecified atom stereocenters. The highest BCUT2D eigenvalue weighted by atomic mass is 16.3. The van der Waals surface area contributed by atoms with Crippen LogP contribution in [0.2, 0.25) is 0 Å².